The Bertz CT molecular complexity index is 312. The van der Waals surface area contributed by atoms with Crippen LogP contribution >= 0.6 is 0 Å². The summed E-state index contributed by atoms with van der Waals surface area (Å²) in [4.78, 5) is 0. The fourth-order valence-electron chi connectivity index (χ4n) is 1.30. The summed E-state index contributed by atoms with van der Waals surface area (Å²) in [6.07, 6.45) is 14.9. The van der Waals surface area contributed by atoms with Gasteiger partial charge >= 0.3 is 0 Å². The second-order valence-corrected chi connectivity index (χ2v) is 3.23. The maximum absolute atomic E-state index is 5.13. The van der Waals surface area contributed by atoms with E-state index >= 15 is 0 Å². The van der Waals surface area contributed by atoms with Crippen LogP contribution in [-0.2, 0) is 0 Å². The summed E-state index contributed by atoms with van der Waals surface area (Å²) in [5, 5.41) is 0. The average molecular weight is 170 g/mol. The van der Waals surface area contributed by atoms with E-state index in [0.717, 1.165) is 5.57 Å². The van der Waals surface area contributed by atoms with E-state index in [9.17, 15) is 0 Å². The highest BCUT2D eigenvalue weighted by molar-refractivity contribution is 5.33. The van der Waals surface area contributed by atoms with E-state index in [0.29, 0.717) is 5.92 Å². The van der Waals surface area contributed by atoms with Crippen LogP contribution in [0.1, 0.15) is 26.2 Å². The standard InChI is InChI=1S/C13H14/c1-3-7-12(2)10-11-13-8-5-4-6-9-13/h1,5,7-8,13H,4,6,9H2,2H3/b12-7+. The van der Waals surface area contributed by atoms with E-state index in [1.54, 1.807) is 6.08 Å². The van der Waals surface area contributed by atoms with E-state index < -0.39 is 0 Å². The maximum atomic E-state index is 5.13. The summed E-state index contributed by atoms with van der Waals surface area (Å²) in [5.41, 5.74) is 0.974. The van der Waals surface area contributed by atoms with Gasteiger partial charge < -0.3 is 0 Å². The molecule has 0 aliphatic heterocycles. The Balaban J connectivity index is 2.56. The zero-order valence-electron chi connectivity index (χ0n) is 8.01. The van der Waals surface area contributed by atoms with Crippen molar-refractivity contribution in [1.29, 1.82) is 0 Å². The molecule has 0 amide bonds. The van der Waals surface area contributed by atoms with Crippen LogP contribution in [0.5, 0.6) is 0 Å². The zero-order valence-corrected chi connectivity index (χ0v) is 8.01. The first kappa shape index (κ1) is 9.69. The molecule has 0 heterocycles. The first-order chi connectivity index (χ1) is 6.33. The molecule has 0 saturated heterocycles. The van der Waals surface area contributed by atoms with Gasteiger partial charge in [-0.1, -0.05) is 29.9 Å². The Morgan fingerprint density at radius 3 is 3.08 bits per heavy atom. The van der Waals surface area contributed by atoms with E-state index in [4.69, 9.17) is 6.42 Å². The fraction of sp³-hybridized carbons (Fsp3) is 0.385. The molecule has 0 saturated carbocycles. The smallest absolute Gasteiger partial charge is 0.0386 e. The number of rotatable bonds is 0. The van der Waals surface area contributed by atoms with Crippen LogP contribution in [0.4, 0.5) is 0 Å². The molecule has 13 heavy (non-hydrogen) atoms. The Hall–Kier alpha value is -1.40. The molecule has 0 fully saturated rings. The molecule has 0 spiro atoms. The molecule has 1 aliphatic carbocycles. The van der Waals surface area contributed by atoms with Crippen LogP contribution in [-0.4, -0.2) is 0 Å². The lowest BCUT2D eigenvalue weighted by molar-refractivity contribution is 0.645. The fourth-order valence-corrected chi connectivity index (χ4v) is 1.30. The number of allylic oxidation sites excluding steroid dienone is 4. The molecular formula is C13H14. The molecule has 1 unspecified atom stereocenters. The third-order valence-electron chi connectivity index (χ3n) is 2.01. The second-order valence-electron chi connectivity index (χ2n) is 3.23. The van der Waals surface area contributed by atoms with Gasteiger partial charge in [-0.3, -0.25) is 0 Å². The van der Waals surface area contributed by atoms with Gasteiger partial charge in [0.25, 0.3) is 0 Å². The normalized spacial score (nSPS) is 21.5. The number of hydrogen-bond acceptors (Lipinski definition) is 0. The van der Waals surface area contributed by atoms with Gasteiger partial charge in [-0.25, -0.2) is 0 Å². The van der Waals surface area contributed by atoms with Gasteiger partial charge in [-0.2, -0.15) is 0 Å². The molecule has 66 valence electrons. The average Bonchev–Trinajstić information content (AvgIpc) is 2.17. The molecule has 0 heteroatoms. The molecular weight excluding hydrogens is 156 g/mol. The van der Waals surface area contributed by atoms with Gasteiger partial charge in [0.05, 0.1) is 0 Å². The van der Waals surface area contributed by atoms with Crippen molar-refractivity contribution in [2.24, 2.45) is 5.92 Å². The molecule has 1 atom stereocenters. The lowest BCUT2D eigenvalue weighted by atomic mass is 9.96. The molecule has 0 aromatic rings. The summed E-state index contributed by atoms with van der Waals surface area (Å²) in [6, 6.07) is 0. The summed E-state index contributed by atoms with van der Waals surface area (Å²) in [7, 11) is 0. The van der Waals surface area contributed by atoms with Crippen LogP contribution < -0.4 is 0 Å². The minimum atomic E-state index is 0.440. The van der Waals surface area contributed by atoms with Crippen molar-refractivity contribution in [2.75, 3.05) is 0 Å². The summed E-state index contributed by atoms with van der Waals surface area (Å²) >= 11 is 0. The van der Waals surface area contributed by atoms with E-state index in [1.165, 1.54) is 19.3 Å². The van der Waals surface area contributed by atoms with Gasteiger partial charge in [0.1, 0.15) is 0 Å². The van der Waals surface area contributed by atoms with Crippen molar-refractivity contribution >= 4 is 0 Å². The topological polar surface area (TPSA) is 0 Å². The molecule has 0 radical (unpaired) electrons. The van der Waals surface area contributed by atoms with E-state index in [-0.39, 0.29) is 0 Å². The van der Waals surface area contributed by atoms with Crippen LogP contribution in [0.15, 0.2) is 23.8 Å². The predicted molar refractivity (Wildman–Crippen MR) is 56.8 cm³/mol. The zero-order chi connectivity index (χ0) is 9.52. The predicted octanol–water partition coefficient (Wildman–Crippen LogP) is 2.93. The maximum Gasteiger partial charge on any atom is 0.0386 e. The number of hydrogen-bond donors (Lipinski definition) is 0. The van der Waals surface area contributed by atoms with Gasteiger partial charge in [0.15, 0.2) is 0 Å². The quantitative estimate of drug-likeness (QED) is 0.387. The van der Waals surface area contributed by atoms with Crippen molar-refractivity contribution in [2.45, 2.75) is 26.2 Å². The van der Waals surface area contributed by atoms with Gasteiger partial charge in [-0.15, -0.1) is 6.42 Å². The molecule has 0 N–H and O–H groups in total. The molecule has 0 nitrogen and oxygen atoms in total. The largest absolute Gasteiger partial charge is 0.115 e. The lowest BCUT2D eigenvalue weighted by Crippen LogP contribution is -1.96. The Morgan fingerprint density at radius 1 is 1.62 bits per heavy atom. The van der Waals surface area contributed by atoms with Crippen LogP contribution in [0.3, 0.4) is 0 Å². The minimum absolute atomic E-state index is 0.440. The van der Waals surface area contributed by atoms with Gasteiger partial charge in [0.2, 0.25) is 0 Å². The Labute approximate surface area is 80.7 Å². The van der Waals surface area contributed by atoms with Gasteiger partial charge in [-0.05, 0) is 32.3 Å². The summed E-state index contributed by atoms with van der Waals surface area (Å²) < 4.78 is 0. The van der Waals surface area contributed by atoms with E-state index in [2.05, 4.69) is 29.9 Å². The molecule has 0 bridgehead atoms. The summed E-state index contributed by atoms with van der Waals surface area (Å²) in [5.74, 6) is 9.19. The Kier molecular flexibility index (Phi) is 3.94. The third kappa shape index (κ3) is 3.68. The molecule has 0 aromatic carbocycles. The van der Waals surface area contributed by atoms with Gasteiger partial charge in [0, 0.05) is 11.5 Å². The Morgan fingerprint density at radius 2 is 2.46 bits per heavy atom. The number of terminal acetylenes is 1. The van der Waals surface area contributed by atoms with Crippen molar-refractivity contribution in [3.63, 3.8) is 0 Å². The molecule has 0 aromatic heterocycles. The van der Waals surface area contributed by atoms with Crippen LogP contribution in [0.2, 0.25) is 0 Å². The van der Waals surface area contributed by atoms with Crippen molar-refractivity contribution in [3.05, 3.63) is 23.8 Å². The molecule has 1 aliphatic rings. The first-order valence-electron chi connectivity index (χ1n) is 4.64. The van der Waals surface area contributed by atoms with Crippen LogP contribution in [0, 0.1) is 30.1 Å². The minimum Gasteiger partial charge on any atom is -0.115 e. The van der Waals surface area contributed by atoms with E-state index in [1.807, 2.05) is 6.92 Å². The van der Waals surface area contributed by atoms with Crippen molar-refractivity contribution in [3.8, 4) is 24.2 Å². The highest BCUT2D eigenvalue weighted by Gasteiger charge is 2.03. The highest BCUT2D eigenvalue weighted by Crippen LogP contribution is 2.15. The third-order valence-corrected chi connectivity index (χ3v) is 2.01. The first-order valence-corrected chi connectivity index (χ1v) is 4.64. The monoisotopic (exact) mass is 170 g/mol. The lowest BCUT2D eigenvalue weighted by Gasteiger charge is -2.08. The van der Waals surface area contributed by atoms with Crippen molar-refractivity contribution < 1.29 is 0 Å². The van der Waals surface area contributed by atoms with Crippen molar-refractivity contribution in [1.82, 2.24) is 0 Å². The SMILES string of the molecule is C#C/C=C(\C)C#CC1C=CCCC1. The summed E-state index contributed by atoms with van der Waals surface area (Å²) in [6.45, 7) is 1.94. The highest BCUT2D eigenvalue weighted by atomic mass is 14.1. The second kappa shape index (κ2) is 5.28. The molecule has 1 rings (SSSR count). The van der Waals surface area contributed by atoms with Crippen LogP contribution in [0.25, 0.3) is 0 Å².